The Morgan fingerprint density at radius 2 is 1.93 bits per heavy atom. The van der Waals surface area contributed by atoms with E-state index in [-0.39, 0.29) is 41.0 Å². The van der Waals surface area contributed by atoms with Crippen LogP contribution in [0.15, 0.2) is 18.2 Å². The second-order valence-electron chi connectivity index (χ2n) is 17.6. The minimum Gasteiger partial charge on any atom is -0.508 e. The van der Waals surface area contributed by atoms with Gasteiger partial charge in [-0.25, -0.2) is 0 Å². The summed E-state index contributed by atoms with van der Waals surface area (Å²) in [6, 6.07) is 6.01. The van der Waals surface area contributed by atoms with Gasteiger partial charge in [-0.05, 0) is 148 Å². The zero-order chi connectivity index (χ0) is 29.8. The van der Waals surface area contributed by atoms with E-state index in [1.807, 2.05) is 12.1 Å². The van der Waals surface area contributed by atoms with Crippen molar-refractivity contribution in [1.82, 2.24) is 0 Å². The topological polar surface area (TPSA) is 75.7 Å². The van der Waals surface area contributed by atoms with E-state index in [1.165, 1.54) is 75.3 Å². The lowest BCUT2D eigenvalue weighted by Crippen LogP contribution is -2.86. The standard InChI is InChI=1S/C39H55NO3/c1-25(2)16-26-10-14-36(20-26)21-27-17-29-8-9-32(42)19-28(29)6-4-7-33-38(31(18-27)22-36)24-37-13-5-12-35(3,43-38)34(37)39(33,40)30(23-41)11-15-37/h8-9,19,25-27,30-31,33-34,41-42H,5-6,10-18,20-24,40H2,1-3H3/t26-,27+,30+,31-,33+,34+,35+,36-,37-,38+,39+/m0/s1. The molecule has 5 saturated carbocycles. The molecule has 0 radical (unpaired) electrons. The Balaban J connectivity index is 1.30. The van der Waals surface area contributed by atoms with Gasteiger partial charge in [0.25, 0.3) is 0 Å². The van der Waals surface area contributed by atoms with Gasteiger partial charge in [0.05, 0.1) is 17.1 Å². The molecule has 9 rings (SSSR count). The van der Waals surface area contributed by atoms with Gasteiger partial charge in [-0.1, -0.05) is 38.2 Å². The molecule has 1 aromatic carbocycles. The van der Waals surface area contributed by atoms with Crippen molar-refractivity contribution in [2.75, 3.05) is 6.61 Å². The summed E-state index contributed by atoms with van der Waals surface area (Å²) >= 11 is 0. The Morgan fingerprint density at radius 1 is 1.07 bits per heavy atom. The van der Waals surface area contributed by atoms with Crippen molar-refractivity contribution in [2.24, 2.45) is 58.0 Å². The number of hydrogen-bond acceptors (Lipinski definition) is 4. The maximum absolute atomic E-state index is 10.9. The van der Waals surface area contributed by atoms with Crippen LogP contribution >= 0.6 is 0 Å². The average molecular weight is 586 g/mol. The van der Waals surface area contributed by atoms with Crippen molar-refractivity contribution in [1.29, 1.82) is 0 Å². The van der Waals surface area contributed by atoms with Crippen LogP contribution in [0.25, 0.3) is 0 Å². The summed E-state index contributed by atoms with van der Waals surface area (Å²) in [7, 11) is 0. The lowest BCUT2D eigenvalue weighted by atomic mass is 9.33. The normalized spacial score (nSPS) is 49.5. The first-order valence-electron chi connectivity index (χ1n) is 17.9. The van der Waals surface area contributed by atoms with Crippen LogP contribution in [0.3, 0.4) is 0 Å². The van der Waals surface area contributed by atoms with E-state index in [2.05, 4.69) is 38.7 Å². The summed E-state index contributed by atoms with van der Waals surface area (Å²) in [5, 5.41) is 21.4. The summed E-state index contributed by atoms with van der Waals surface area (Å²) in [6.45, 7) is 7.35. The number of ether oxygens (including phenoxy) is 1. The summed E-state index contributed by atoms with van der Waals surface area (Å²) < 4.78 is 7.77. The van der Waals surface area contributed by atoms with Gasteiger partial charge in [0, 0.05) is 30.4 Å². The molecule has 2 saturated heterocycles. The minimum absolute atomic E-state index is 0.0609. The molecule has 43 heavy (non-hydrogen) atoms. The molecular formula is C39H55NO3. The first-order chi connectivity index (χ1) is 20.5. The highest BCUT2D eigenvalue weighted by Gasteiger charge is 2.80. The molecule has 0 aromatic heterocycles. The van der Waals surface area contributed by atoms with Crippen molar-refractivity contribution in [3.8, 4) is 17.6 Å². The third kappa shape index (κ3) is 4.12. The summed E-state index contributed by atoms with van der Waals surface area (Å²) in [4.78, 5) is 0. The van der Waals surface area contributed by atoms with Crippen molar-refractivity contribution < 1.29 is 14.9 Å². The lowest BCUT2D eigenvalue weighted by Gasteiger charge is -2.79. The molecule has 7 bridgehead atoms. The van der Waals surface area contributed by atoms with E-state index in [9.17, 15) is 10.2 Å². The van der Waals surface area contributed by atoms with Gasteiger partial charge in [-0.2, -0.15) is 0 Å². The Labute approximate surface area is 259 Å². The number of phenolic OH excluding ortho intramolecular Hbond substituents is 1. The van der Waals surface area contributed by atoms with Crippen LogP contribution in [0.2, 0.25) is 0 Å². The van der Waals surface area contributed by atoms with Gasteiger partial charge < -0.3 is 20.7 Å². The Morgan fingerprint density at radius 3 is 2.74 bits per heavy atom. The SMILES string of the molecule is CC(C)C[C@@H]1CC[C@@]2(C[C@@H]3Cc4ccc(O)cc4CC#C[C@@H]4[C@@]5(C[C@@]67CCC[C@@](C)(O5)[C@H]6[C@@]4(N)[C@@H](CO)CC7)[C@@H](C3)C2)C1. The van der Waals surface area contributed by atoms with Crippen molar-refractivity contribution in [3.63, 3.8) is 0 Å². The first kappa shape index (κ1) is 28.9. The second kappa shape index (κ2) is 9.73. The number of rotatable bonds is 3. The Bertz CT molecular complexity index is 1350. The van der Waals surface area contributed by atoms with Gasteiger partial charge in [0.15, 0.2) is 0 Å². The van der Waals surface area contributed by atoms with Gasteiger partial charge >= 0.3 is 0 Å². The number of aromatic hydroxyl groups is 1. The highest BCUT2D eigenvalue weighted by Crippen LogP contribution is 2.76. The van der Waals surface area contributed by atoms with Crippen LogP contribution in [0.4, 0.5) is 0 Å². The van der Waals surface area contributed by atoms with Gasteiger partial charge in [0.2, 0.25) is 0 Å². The largest absolute Gasteiger partial charge is 0.508 e. The molecule has 0 amide bonds. The maximum Gasteiger partial charge on any atom is 0.115 e. The van der Waals surface area contributed by atoms with Gasteiger partial charge in [-0.15, -0.1) is 0 Å². The van der Waals surface area contributed by atoms with Crippen molar-refractivity contribution in [3.05, 3.63) is 29.3 Å². The van der Waals surface area contributed by atoms with E-state index in [4.69, 9.17) is 10.5 Å². The molecule has 11 atom stereocenters. The molecule has 7 fully saturated rings. The second-order valence-corrected chi connectivity index (χ2v) is 17.6. The zero-order valence-electron chi connectivity index (χ0n) is 27.0. The van der Waals surface area contributed by atoms with E-state index in [0.29, 0.717) is 29.4 Å². The van der Waals surface area contributed by atoms with Crippen molar-refractivity contribution >= 4 is 0 Å². The van der Waals surface area contributed by atoms with Crippen molar-refractivity contribution in [2.45, 2.75) is 134 Å². The zero-order valence-corrected chi connectivity index (χ0v) is 27.0. The monoisotopic (exact) mass is 585 g/mol. The number of fused-ring (bicyclic) bond motifs is 3. The predicted molar refractivity (Wildman–Crippen MR) is 170 cm³/mol. The highest BCUT2D eigenvalue weighted by atomic mass is 16.5. The molecule has 6 aliphatic carbocycles. The molecular weight excluding hydrogens is 530 g/mol. The summed E-state index contributed by atoms with van der Waals surface area (Å²) in [6.07, 6.45) is 17.8. The quantitative estimate of drug-likeness (QED) is 0.329. The Kier molecular flexibility index (Phi) is 6.54. The number of benzene rings is 1. The molecule has 0 unspecified atom stereocenters. The first-order valence-corrected chi connectivity index (χ1v) is 17.9. The molecule has 234 valence electrons. The third-order valence-corrected chi connectivity index (χ3v) is 14.6. The molecule has 4 nitrogen and oxygen atoms in total. The van der Waals surface area contributed by atoms with Crippen LogP contribution in [0.5, 0.6) is 5.75 Å². The smallest absolute Gasteiger partial charge is 0.115 e. The molecule has 2 heterocycles. The van der Waals surface area contributed by atoms with Crippen LogP contribution in [-0.4, -0.2) is 33.6 Å². The number of aliphatic hydroxyl groups is 1. The Hall–Kier alpha value is -1.54. The predicted octanol–water partition coefficient (Wildman–Crippen LogP) is 7.18. The fourth-order valence-electron chi connectivity index (χ4n) is 13.8. The van der Waals surface area contributed by atoms with E-state index in [1.54, 1.807) is 0 Å². The molecule has 4 heteroatoms. The van der Waals surface area contributed by atoms with Gasteiger partial charge in [0.1, 0.15) is 5.75 Å². The lowest BCUT2D eigenvalue weighted by molar-refractivity contribution is -0.383. The minimum atomic E-state index is -0.530. The van der Waals surface area contributed by atoms with E-state index >= 15 is 0 Å². The fraction of sp³-hybridized carbons (Fsp3) is 0.795. The molecule has 1 aromatic rings. The fourth-order valence-corrected chi connectivity index (χ4v) is 13.8. The van der Waals surface area contributed by atoms with Crippen LogP contribution in [0.1, 0.15) is 115 Å². The van der Waals surface area contributed by atoms with Gasteiger partial charge in [-0.3, -0.25) is 0 Å². The molecule has 2 aliphatic heterocycles. The molecule has 2 spiro atoms. The average Bonchev–Trinajstić information content (AvgIpc) is 3.30. The number of aliphatic hydroxyl groups excluding tert-OH is 1. The third-order valence-electron chi connectivity index (χ3n) is 14.6. The van der Waals surface area contributed by atoms with Crippen LogP contribution in [0, 0.1) is 64.1 Å². The number of nitrogens with two attached hydrogens (primary N) is 1. The molecule has 4 N–H and O–H groups in total. The van der Waals surface area contributed by atoms with E-state index in [0.717, 1.165) is 37.5 Å². The summed E-state index contributed by atoms with van der Waals surface area (Å²) in [5.74, 6) is 10.8. The van der Waals surface area contributed by atoms with Crippen LogP contribution < -0.4 is 5.73 Å². The maximum atomic E-state index is 10.9. The van der Waals surface area contributed by atoms with E-state index < -0.39 is 5.54 Å². The summed E-state index contributed by atoms with van der Waals surface area (Å²) in [5.41, 5.74) is 9.97. The number of phenols is 1. The molecule has 8 aliphatic rings. The highest BCUT2D eigenvalue weighted by molar-refractivity contribution is 5.41. The number of hydrogen-bond donors (Lipinski definition) is 3. The van der Waals surface area contributed by atoms with Crippen LogP contribution in [-0.2, 0) is 17.6 Å².